The molecule has 0 bridgehead atoms. The van der Waals surface area contributed by atoms with Gasteiger partial charge in [0.15, 0.2) is 0 Å². The maximum absolute atomic E-state index is 2.44. The second kappa shape index (κ2) is 13.7. The average Bonchev–Trinajstić information content (AvgIpc) is 3.86. The summed E-state index contributed by atoms with van der Waals surface area (Å²) in [7, 11) is 0. The van der Waals surface area contributed by atoms with Crippen LogP contribution in [0.1, 0.15) is 0 Å². The van der Waals surface area contributed by atoms with Crippen LogP contribution in [0.2, 0.25) is 0 Å². The standard InChI is InChI=1S/C60H38N2/c1-2-12-39(13-3-1)40-26-30-45(31-27-40)61-57-20-10-8-18-52(57)55-36-43(28-34-59(55)61)41-22-24-42(25-23-41)44-29-35-60-56(37-44)53-19-9-11-21-58(53)62(60)46-32-33-51-49-16-5-4-14-47(49)48-15-6-7-17-50(48)54(51)38-46/h1-38H. The van der Waals surface area contributed by atoms with Crippen LogP contribution < -0.4 is 0 Å². The van der Waals surface area contributed by atoms with E-state index < -0.39 is 0 Å². The Balaban J connectivity index is 0.874. The molecule has 0 saturated heterocycles. The summed E-state index contributed by atoms with van der Waals surface area (Å²) < 4.78 is 4.83. The maximum Gasteiger partial charge on any atom is 0.0541 e. The van der Waals surface area contributed by atoms with Crippen molar-refractivity contribution in [2.45, 2.75) is 0 Å². The number of benzene rings is 11. The summed E-state index contributed by atoms with van der Waals surface area (Å²) in [6, 6.07) is 84.7. The molecule has 0 spiro atoms. The van der Waals surface area contributed by atoms with E-state index >= 15 is 0 Å². The van der Waals surface area contributed by atoms with Crippen LogP contribution in [0.5, 0.6) is 0 Å². The third-order valence-corrected chi connectivity index (χ3v) is 13.1. The van der Waals surface area contributed by atoms with Gasteiger partial charge in [0.1, 0.15) is 0 Å². The zero-order chi connectivity index (χ0) is 40.7. The minimum atomic E-state index is 1.16. The predicted molar refractivity (Wildman–Crippen MR) is 264 cm³/mol. The molecule has 0 atom stereocenters. The Bertz CT molecular complexity index is 3850. The lowest BCUT2D eigenvalue weighted by atomic mass is 9.94. The Hall–Kier alpha value is -8.20. The monoisotopic (exact) mass is 786 g/mol. The zero-order valence-corrected chi connectivity index (χ0v) is 33.8. The van der Waals surface area contributed by atoms with Crippen molar-refractivity contribution >= 4 is 75.9 Å². The predicted octanol–water partition coefficient (Wildman–Crippen LogP) is 16.3. The summed E-state index contributed by atoms with van der Waals surface area (Å²) in [6.07, 6.45) is 0. The third-order valence-electron chi connectivity index (χ3n) is 13.1. The molecule has 13 rings (SSSR count). The van der Waals surface area contributed by atoms with Crippen LogP contribution in [0.15, 0.2) is 231 Å². The first-order chi connectivity index (χ1) is 30.7. The molecule has 0 aliphatic carbocycles. The fourth-order valence-electron chi connectivity index (χ4n) is 10.2. The van der Waals surface area contributed by atoms with Crippen LogP contribution in [-0.4, -0.2) is 9.13 Å². The van der Waals surface area contributed by atoms with Gasteiger partial charge >= 0.3 is 0 Å². The fourth-order valence-corrected chi connectivity index (χ4v) is 10.2. The van der Waals surface area contributed by atoms with Crippen molar-refractivity contribution in [1.29, 1.82) is 0 Å². The van der Waals surface area contributed by atoms with Gasteiger partial charge in [-0.3, -0.25) is 0 Å². The zero-order valence-electron chi connectivity index (χ0n) is 33.8. The van der Waals surface area contributed by atoms with Gasteiger partial charge < -0.3 is 9.13 Å². The van der Waals surface area contributed by atoms with Gasteiger partial charge in [0.25, 0.3) is 0 Å². The molecule has 62 heavy (non-hydrogen) atoms. The molecule has 0 saturated carbocycles. The highest BCUT2D eigenvalue weighted by Gasteiger charge is 2.17. The fraction of sp³-hybridized carbons (Fsp3) is 0. The maximum atomic E-state index is 2.44. The van der Waals surface area contributed by atoms with E-state index in [2.05, 4.69) is 240 Å². The molecule has 0 amide bonds. The second-order valence-corrected chi connectivity index (χ2v) is 16.5. The lowest BCUT2D eigenvalue weighted by Gasteiger charge is -2.14. The molecular formula is C60H38N2. The smallest absolute Gasteiger partial charge is 0.0541 e. The summed E-state index contributed by atoms with van der Waals surface area (Å²) in [5.74, 6) is 0. The van der Waals surface area contributed by atoms with Crippen molar-refractivity contribution in [1.82, 2.24) is 9.13 Å². The SMILES string of the molecule is c1ccc(-c2ccc(-n3c4ccccc4c4cc(-c5ccc(-c6ccc7c(c6)c6ccccc6n7-c6ccc7c8ccccc8c8ccccc8c7c6)cc5)ccc43)cc2)cc1. The van der Waals surface area contributed by atoms with E-state index in [-0.39, 0.29) is 0 Å². The van der Waals surface area contributed by atoms with Gasteiger partial charge in [0.05, 0.1) is 22.1 Å². The summed E-state index contributed by atoms with van der Waals surface area (Å²) in [6.45, 7) is 0. The normalized spacial score (nSPS) is 11.9. The first-order valence-electron chi connectivity index (χ1n) is 21.4. The third kappa shape index (κ3) is 5.30. The Kier molecular flexibility index (Phi) is 7.64. The van der Waals surface area contributed by atoms with E-state index in [1.54, 1.807) is 0 Å². The van der Waals surface area contributed by atoms with Crippen LogP contribution in [0.3, 0.4) is 0 Å². The second-order valence-electron chi connectivity index (χ2n) is 16.5. The van der Waals surface area contributed by atoms with E-state index in [0.717, 1.165) is 5.69 Å². The van der Waals surface area contributed by atoms with E-state index in [1.807, 2.05) is 0 Å². The summed E-state index contributed by atoms with van der Waals surface area (Å²) in [5, 5.41) is 12.7. The molecule has 2 heteroatoms. The molecule has 2 nitrogen and oxygen atoms in total. The number of aromatic nitrogens is 2. The highest BCUT2D eigenvalue weighted by molar-refractivity contribution is 6.25. The number of hydrogen-bond donors (Lipinski definition) is 0. The summed E-state index contributed by atoms with van der Waals surface area (Å²) in [5.41, 5.74) is 14.4. The van der Waals surface area contributed by atoms with Gasteiger partial charge in [-0.1, -0.05) is 170 Å². The molecule has 0 unspecified atom stereocenters. The molecule has 0 N–H and O–H groups in total. The number of fused-ring (bicyclic) bond motifs is 12. The van der Waals surface area contributed by atoms with E-state index in [1.165, 1.54) is 115 Å². The van der Waals surface area contributed by atoms with Crippen LogP contribution in [0.25, 0.3) is 121 Å². The van der Waals surface area contributed by atoms with Gasteiger partial charge in [0.2, 0.25) is 0 Å². The Labute approximate surface area is 358 Å². The number of hydrogen-bond acceptors (Lipinski definition) is 0. The lowest BCUT2D eigenvalue weighted by molar-refractivity contribution is 1.18. The minimum absolute atomic E-state index is 1.16. The highest BCUT2D eigenvalue weighted by atomic mass is 15.0. The Morgan fingerprint density at radius 3 is 1.05 bits per heavy atom. The average molecular weight is 787 g/mol. The summed E-state index contributed by atoms with van der Waals surface area (Å²) in [4.78, 5) is 0. The molecular weight excluding hydrogens is 749 g/mol. The highest BCUT2D eigenvalue weighted by Crippen LogP contribution is 2.40. The Morgan fingerprint density at radius 2 is 0.516 bits per heavy atom. The molecule has 2 heterocycles. The number of rotatable bonds is 5. The quantitative estimate of drug-likeness (QED) is 0.154. The van der Waals surface area contributed by atoms with Crippen LogP contribution >= 0.6 is 0 Å². The van der Waals surface area contributed by atoms with Crippen LogP contribution in [-0.2, 0) is 0 Å². The van der Waals surface area contributed by atoms with Crippen molar-refractivity contribution in [2.24, 2.45) is 0 Å². The molecule has 0 aliphatic rings. The van der Waals surface area contributed by atoms with Crippen LogP contribution in [0, 0.1) is 0 Å². The molecule has 288 valence electrons. The van der Waals surface area contributed by atoms with Gasteiger partial charge in [-0.15, -0.1) is 0 Å². The molecule has 0 fully saturated rings. The van der Waals surface area contributed by atoms with Crippen molar-refractivity contribution in [2.75, 3.05) is 0 Å². The van der Waals surface area contributed by atoms with Crippen LogP contribution in [0.4, 0.5) is 0 Å². The van der Waals surface area contributed by atoms with E-state index in [9.17, 15) is 0 Å². The Morgan fingerprint density at radius 1 is 0.177 bits per heavy atom. The van der Waals surface area contributed by atoms with E-state index in [4.69, 9.17) is 0 Å². The van der Waals surface area contributed by atoms with Gasteiger partial charge in [-0.25, -0.2) is 0 Å². The van der Waals surface area contributed by atoms with Gasteiger partial charge in [-0.05, 0) is 126 Å². The first-order valence-corrected chi connectivity index (χ1v) is 21.4. The largest absolute Gasteiger partial charge is 0.309 e. The lowest BCUT2D eigenvalue weighted by Crippen LogP contribution is -1.94. The molecule has 11 aromatic carbocycles. The topological polar surface area (TPSA) is 9.86 Å². The first kappa shape index (κ1) is 34.6. The van der Waals surface area contributed by atoms with Crippen molar-refractivity contribution in [3.63, 3.8) is 0 Å². The number of para-hydroxylation sites is 2. The summed E-state index contributed by atoms with van der Waals surface area (Å²) >= 11 is 0. The van der Waals surface area contributed by atoms with Gasteiger partial charge in [0, 0.05) is 32.9 Å². The van der Waals surface area contributed by atoms with Crippen molar-refractivity contribution < 1.29 is 0 Å². The van der Waals surface area contributed by atoms with Gasteiger partial charge in [-0.2, -0.15) is 0 Å². The number of nitrogens with zero attached hydrogens (tertiary/aromatic N) is 2. The molecule has 2 aromatic heterocycles. The molecule has 0 aliphatic heterocycles. The van der Waals surface area contributed by atoms with E-state index in [0.29, 0.717) is 0 Å². The van der Waals surface area contributed by atoms with Crippen molar-refractivity contribution in [3.8, 4) is 44.8 Å². The molecule has 13 aromatic rings. The minimum Gasteiger partial charge on any atom is -0.309 e. The molecule has 0 radical (unpaired) electrons. The van der Waals surface area contributed by atoms with Crippen molar-refractivity contribution in [3.05, 3.63) is 231 Å².